The lowest BCUT2D eigenvalue weighted by Crippen LogP contribution is -2.43. The second-order valence-corrected chi connectivity index (χ2v) is 8.23. The predicted molar refractivity (Wildman–Crippen MR) is 111 cm³/mol. The van der Waals surface area contributed by atoms with Crippen LogP contribution in [0.5, 0.6) is 5.75 Å². The van der Waals surface area contributed by atoms with Gasteiger partial charge in [-0.05, 0) is 37.8 Å². The number of amides is 1. The van der Waals surface area contributed by atoms with Crippen LogP contribution in [-0.4, -0.2) is 48.0 Å². The summed E-state index contributed by atoms with van der Waals surface area (Å²) in [6.07, 6.45) is 4.53. The van der Waals surface area contributed by atoms with Crippen molar-refractivity contribution in [1.82, 2.24) is 29.4 Å². The van der Waals surface area contributed by atoms with Crippen LogP contribution >= 0.6 is 0 Å². The number of carbonyl (C=O) groups is 1. The third-order valence-electron chi connectivity index (χ3n) is 5.94. The monoisotopic (exact) mass is 406 g/mol. The van der Waals surface area contributed by atoms with Crippen molar-refractivity contribution in [3.05, 3.63) is 47.9 Å². The number of hydrogen-bond donors (Lipinski definition) is 0. The number of benzene rings is 1. The summed E-state index contributed by atoms with van der Waals surface area (Å²) in [6, 6.07) is 9.46. The van der Waals surface area contributed by atoms with Crippen molar-refractivity contribution in [2.24, 2.45) is 13.0 Å². The molecule has 0 radical (unpaired) electrons. The first-order valence-electron chi connectivity index (χ1n) is 10.5. The molecule has 1 saturated carbocycles. The molecule has 1 unspecified atom stereocenters. The number of carbonyl (C=O) groups excluding carboxylic acids is 1. The lowest BCUT2D eigenvalue weighted by Gasteiger charge is -2.30. The molecule has 8 nitrogen and oxygen atoms in total. The minimum atomic E-state index is -0.549. The van der Waals surface area contributed by atoms with E-state index >= 15 is 0 Å². The molecule has 0 N–H and O–H groups in total. The summed E-state index contributed by atoms with van der Waals surface area (Å²) in [5, 5.41) is 13.2. The molecule has 156 valence electrons. The van der Waals surface area contributed by atoms with Crippen LogP contribution in [0.3, 0.4) is 0 Å². The molecule has 2 aliphatic rings. The number of ether oxygens (including phenoxy) is 1. The fraction of sp³-hybridized carbons (Fsp3) is 0.455. The zero-order valence-electron chi connectivity index (χ0n) is 17.4. The molecular weight excluding hydrogens is 380 g/mol. The van der Waals surface area contributed by atoms with Crippen molar-refractivity contribution in [2.45, 2.75) is 45.4 Å². The van der Waals surface area contributed by atoms with E-state index in [-0.39, 0.29) is 5.91 Å². The van der Waals surface area contributed by atoms with Gasteiger partial charge in [0.05, 0.1) is 0 Å². The fourth-order valence-corrected chi connectivity index (χ4v) is 4.12. The van der Waals surface area contributed by atoms with Gasteiger partial charge < -0.3 is 14.2 Å². The number of rotatable bonds is 6. The molecule has 1 aliphatic carbocycles. The number of nitrogens with zero attached hydrogens (tertiary/aromatic N) is 6. The fourth-order valence-electron chi connectivity index (χ4n) is 4.12. The summed E-state index contributed by atoms with van der Waals surface area (Å²) in [4.78, 5) is 14.9. The Morgan fingerprint density at radius 1 is 1.27 bits per heavy atom. The van der Waals surface area contributed by atoms with Crippen molar-refractivity contribution in [3.63, 3.8) is 0 Å². The van der Waals surface area contributed by atoms with Crippen LogP contribution in [0.15, 0.2) is 36.7 Å². The maximum Gasteiger partial charge on any atom is 0.263 e. The van der Waals surface area contributed by atoms with Crippen LogP contribution in [0.25, 0.3) is 11.5 Å². The third-order valence-corrected chi connectivity index (χ3v) is 5.94. The van der Waals surface area contributed by atoms with Crippen LogP contribution in [-0.2, 0) is 31.4 Å². The van der Waals surface area contributed by atoms with Gasteiger partial charge in [0.25, 0.3) is 5.91 Å². The molecule has 1 aliphatic heterocycles. The number of fused-ring (bicyclic) bond motifs is 1. The highest BCUT2D eigenvalue weighted by Gasteiger charge is 2.32. The summed E-state index contributed by atoms with van der Waals surface area (Å²) in [7, 11) is 1.96. The van der Waals surface area contributed by atoms with Crippen molar-refractivity contribution in [2.75, 3.05) is 6.54 Å². The van der Waals surface area contributed by atoms with Gasteiger partial charge in [-0.1, -0.05) is 18.2 Å². The van der Waals surface area contributed by atoms with Gasteiger partial charge in [-0.2, -0.15) is 5.10 Å². The minimum Gasteiger partial charge on any atom is -0.481 e. The molecule has 3 heterocycles. The Morgan fingerprint density at radius 3 is 2.83 bits per heavy atom. The zero-order valence-corrected chi connectivity index (χ0v) is 17.4. The molecule has 1 atom stereocenters. The molecular formula is C22H26N6O2. The Kier molecular flexibility index (Phi) is 4.77. The summed E-state index contributed by atoms with van der Waals surface area (Å²) in [5.41, 5.74) is 3.06. The van der Waals surface area contributed by atoms with E-state index in [0.717, 1.165) is 35.7 Å². The first-order valence-corrected chi connectivity index (χ1v) is 10.5. The Morgan fingerprint density at radius 2 is 2.07 bits per heavy atom. The van der Waals surface area contributed by atoms with Gasteiger partial charge in [-0.25, -0.2) is 0 Å². The van der Waals surface area contributed by atoms with E-state index in [0.29, 0.717) is 24.8 Å². The summed E-state index contributed by atoms with van der Waals surface area (Å²) < 4.78 is 9.88. The van der Waals surface area contributed by atoms with Gasteiger partial charge in [0.15, 0.2) is 11.9 Å². The summed E-state index contributed by atoms with van der Waals surface area (Å²) in [6.45, 7) is 3.90. The van der Waals surface area contributed by atoms with Crippen molar-refractivity contribution >= 4 is 5.91 Å². The SMILES string of the molecule is CC(Oc1ccccc1)C(=O)N1CCc2c(c(-c3nncn3CC3CC3)nn2C)C1. The van der Waals surface area contributed by atoms with Crippen LogP contribution in [0, 0.1) is 5.92 Å². The van der Waals surface area contributed by atoms with Crippen LogP contribution in [0.4, 0.5) is 0 Å². The van der Waals surface area contributed by atoms with Crippen LogP contribution < -0.4 is 4.74 Å². The Balaban J connectivity index is 1.37. The van der Waals surface area contributed by atoms with Gasteiger partial charge in [-0.15, -0.1) is 10.2 Å². The lowest BCUT2D eigenvalue weighted by molar-refractivity contribution is -0.138. The second kappa shape index (κ2) is 7.59. The largest absolute Gasteiger partial charge is 0.481 e. The van der Waals surface area contributed by atoms with E-state index in [2.05, 4.69) is 14.8 Å². The molecule has 0 saturated heterocycles. The van der Waals surface area contributed by atoms with E-state index in [1.54, 1.807) is 13.3 Å². The van der Waals surface area contributed by atoms with Gasteiger partial charge in [0.2, 0.25) is 0 Å². The molecule has 30 heavy (non-hydrogen) atoms. The Labute approximate surface area is 175 Å². The molecule has 2 aromatic heterocycles. The maximum absolute atomic E-state index is 13.1. The Bertz CT molecular complexity index is 1050. The van der Waals surface area contributed by atoms with Crippen molar-refractivity contribution in [1.29, 1.82) is 0 Å². The topological polar surface area (TPSA) is 78.1 Å². The average Bonchev–Trinajstić information content (AvgIpc) is 3.36. The molecule has 0 bridgehead atoms. The normalized spacial score (nSPS) is 16.9. The minimum absolute atomic E-state index is 0.0150. The molecule has 1 amide bonds. The first-order chi connectivity index (χ1) is 14.6. The highest BCUT2D eigenvalue weighted by atomic mass is 16.5. The maximum atomic E-state index is 13.1. The lowest BCUT2D eigenvalue weighted by atomic mass is 10.0. The van der Waals surface area contributed by atoms with E-state index in [1.165, 1.54) is 12.8 Å². The summed E-state index contributed by atoms with van der Waals surface area (Å²) in [5.74, 6) is 2.19. The molecule has 1 fully saturated rings. The molecule has 8 heteroatoms. The standard InChI is InChI=1S/C22H26N6O2/c1-15(30-17-6-4-3-5-7-17)22(29)27-11-10-19-18(13-27)20(25-26(19)2)21-24-23-14-28(21)12-16-8-9-16/h3-7,14-16H,8-13H2,1-2H3. The van der Waals surface area contributed by atoms with E-state index < -0.39 is 6.10 Å². The van der Waals surface area contributed by atoms with E-state index in [1.807, 2.05) is 47.0 Å². The quantitative estimate of drug-likeness (QED) is 0.628. The van der Waals surface area contributed by atoms with Gasteiger partial charge in [-0.3, -0.25) is 9.48 Å². The first kappa shape index (κ1) is 18.8. The number of hydrogen-bond acceptors (Lipinski definition) is 5. The van der Waals surface area contributed by atoms with Gasteiger partial charge >= 0.3 is 0 Å². The highest BCUT2D eigenvalue weighted by molar-refractivity contribution is 5.81. The highest BCUT2D eigenvalue weighted by Crippen LogP contribution is 2.33. The average molecular weight is 406 g/mol. The number of aryl methyl sites for hydroxylation is 1. The summed E-state index contributed by atoms with van der Waals surface area (Å²) >= 11 is 0. The molecule has 1 aromatic carbocycles. The number of aromatic nitrogens is 5. The van der Waals surface area contributed by atoms with Crippen molar-refractivity contribution in [3.8, 4) is 17.3 Å². The smallest absolute Gasteiger partial charge is 0.263 e. The van der Waals surface area contributed by atoms with Crippen LogP contribution in [0.2, 0.25) is 0 Å². The van der Waals surface area contributed by atoms with Gasteiger partial charge in [0, 0.05) is 44.4 Å². The number of para-hydroxylation sites is 1. The van der Waals surface area contributed by atoms with Crippen molar-refractivity contribution < 1.29 is 9.53 Å². The van der Waals surface area contributed by atoms with Gasteiger partial charge in [0.1, 0.15) is 17.8 Å². The van der Waals surface area contributed by atoms with Crippen LogP contribution in [0.1, 0.15) is 31.0 Å². The third kappa shape index (κ3) is 3.58. The van der Waals surface area contributed by atoms with E-state index in [4.69, 9.17) is 9.84 Å². The molecule has 5 rings (SSSR count). The predicted octanol–water partition coefficient (Wildman–Crippen LogP) is 2.44. The molecule has 0 spiro atoms. The zero-order chi connectivity index (χ0) is 20.7. The Hall–Kier alpha value is -3.16. The molecule has 3 aromatic rings. The second-order valence-electron chi connectivity index (χ2n) is 8.23. The van der Waals surface area contributed by atoms with E-state index in [9.17, 15) is 4.79 Å².